The van der Waals surface area contributed by atoms with E-state index in [0.717, 1.165) is 12.0 Å². The van der Waals surface area contributed by atoms with Crippen molar-refractivity contribution in [3.63, 3.8) is 0 Å². The van der Waals surface area contributed by atoms with Crippen molar-refractivity contribution in [2.45, 2.75) is 45.2 Å². The summed E-state index contributed by atoms with van der Waals surface area (Å²) >= 11 is 5.25. The molecule has 3 rings (SSSR count). The van der Waals surface area contributed by atoms with Crippen molar-refractivity contribution in [2.75, 3.05) is 0 Å². The van der Waals surface area contributed by atoms with E-state index < -0.39 is 0 Å². The number of hydrogen-bond donors (Lipinski definition) is 3. The average molecular weight is 373 g/mol. The molecule has 2 atom stereocenters. The second kappa shape index (κ2) is 8.70. The molecule has 1 amide bonds. The van der Waals surface area contributed by atoms with Crippen LogP contribution in [-0.2, 0) is 11.3 Å². The highest BCUT2D eigenvalue weighted by Gasteiger charge is 2.21. The summed E-state index contributed by atoms with van der Waals surface area (Å²) in [6.45, 7) is 2.17. The van der Waals surface area contributed by atoms with Gasteiger partial charge in [0.15, 0.2) is 5.11 Å². The van der Waals surface area contributed by atoms with Gasteiger partial charge in [-0.2, -0.15) is 4.80 Å². The standard InChI is InChI=1S/C17H23N7OS/c1-12-7-5-6-10-14(12)18-17(26)21-19-15(25)11-24-22-16(20-23-24)13-8-3-2-4-9-13/h2-4,8-9,12,14H,5-7,10-11H2,1H3,(H,19,25)(H2,18,21,26)/t12-,14+/m1/s1. The van der Waals surface area contributed by atoms with Crippen LogP contribution in [0.15, 0.2) is 30.3 Å². The molecule has 9 heteroatoms. The Balaban J connectivity index is 1.44. The van der Waals surface area contributed by atoms with Crippen molar-refractivity contribution in [1.29, 1.82) is 0 Å². The Morgan fingerprint density at radius 3 is 2.77 bits per heavy atom. The largest absolute Gasteiger partial charge is 0.358 e. The van der Waals surface area contributed by atoms with E-state index in [2.05, 4.69) is 38.5 Å². The smallest absolute Gasteiger partial charge is 0.262 e. The Morgan fingerprint density at radius 2 is 2.00 bits per heavy atom. The molecule has 0 spiro atoms. The molecule has 0 aliphatic heterocycles. The molecule has 1 saturated carbocycles. The van der Waals surface area contributed by atoms with Crippen LogP contribution in [0.4, 0.5) is 0 Å². The molecule has 0 unspecified atom stereocenters. The Kier molecular flexibility index (Phi) is 6.11. The van der Waals surface area contributed by atoms with E-state index in [4.69, 9.17) is 12.2 Å². The van der Waals surface area contributed by atoms with Gasteiger partial charge in [0.1, 0.15) is 6.54 Å². The van der Waals surface area contributed by atoms with Crippen LogP contribution in [0.3, 0.4) is 0 Å². The van der Waals surface area contributed by atoms with Gasteiger partial charge in [-0.05, 0) is 36.2 Å². The number of carbonyl (C=O) groups is 1. The fourth-order valence-corrected chi connectivity index (χ4v) is 3.25. The zero-order chi connectivity index (χ0) is 18.4. The maximum atomic E-state index is 12.0. The molecular weight excluding hydrogens is 350 g/mol. The van der Waals surface area contributed by atoms with Gasteiger partial charge in [0.25, 0.3) is 5.91 Å². The second-order valence-corrected chi connectivity index (χ2v) is 6.93. The highest BCUT2D eigenvalue weighted by molar-refractivity contribution is 7.80. The van der Waals surface area contributed by atoms with E-state index in [1.807, 2.05) is 30.3 Å². The number of thiocarbonyl (C=S) groups is 1. The molecule has 8 nitrogen and oxygen atoms in total. The molecular formula is C17H23N7OS. The minimum absolute atomic E-state index is 0.0464. The molecule has 138 valence electrons. The quantitative estimate of drug-likeness (QED) is 0.551. The predicted octanol–water partition coefficient (Wildman–Crippen LogP) is 1.41. The number of aromatic nitrogens is 4. The van der Waals surface area contributed by atoms with E-state index in [0.29, 0.717) is 22.9 Å². The number of hydrogen-bond acceptors (Lipinski definition) is 5. The normalized spacial score (nSPS) is 19.6. The molecule has 1 heterocycles. The number of rotatable bonds is 4. The van der Waals surface area contributed by atoms with Crippen LogP contribution in [0.25, 0.3) is 11.4 Å². The third-order valence-corrected chi connectivity index (χ3v) is 4.73. The number of carbonyl (C=O) groups excluding carboxylic acids is 1. The van der Waals surface area contributed by atoms with Gasteiger partial charge in [-0.3, -0.25) is 15.6 Å². The van der Waals surface area contributed by atoms with Crippen LogP contribution in [0, 0.1) is 5.92 Å². The molecule has 1 aromatic carbocycles. The van der Waals surface area contributed by atoms with Gasteiger partial charge in [-0.1, -0.05) is 50.1 Å². The first-order valence-corrected chi connectivity index (χ1v) is 9.21. The summed E-state index contributed by atoms with van der Waals surface area (Å²) in [7, 11) is 0. The monoisotopic (exact) mass is 373 g/mol. The van der Waals surface area contributed by atoms with E-state index >= 15 is 0 Å². The summed E-state index contributed by atoms with van der Waals surface area (Å²) in [6, 6.07) is 9.84. The zero-order valence-electron chi connectivity index (χ0n) is 14.7. The molecule has 1 aromatic heterocycles. The Labute approximate surface area is 157 Å². The van der Waals surface area contributed by atoms with Crippen LogP contribution in [0.1, 0.15) is 32.6 Å². The topological polar surface area (TPSA) is 96.8 Å². The zero-order valence-corrected chi connectivity index (χ0v) is 15.5. The van der Waals surface area contributed by atoms with Crippen LogP contribution in [0.2, 0.25) is 0 Å². The Morgan fingerprint density at radius 1 is 1.23 bits per heavy atom. The fourth-order valence-electron chi connectivity index (χ4n) is 3.04. The molecule has 0 bridgehead atoms. The van der Waals surface area contributed by atoms with Gasteiger partial charge in [0.05, 0.1) is 0 Å². The van der Waals surface area contributed by atoms with Crippen LogP contribution in [-0.4, -0.2) is 37.3 Å². The Hall–Kier alpha value is -2.55. The first kappa shape index (κ1) is 18.2. The predicted molar refractivity (Wildman–Crippen MR) is 102 cm³/mol. The summed E-state index contributed by atoms with van der Waals surface area (Å²) in [4.78, 5) is 13.3. The molecule has 2 aromatic rings. The minimum atomic E-state index is -0.303. The van der Waals surface area contributed by atoms with Crippen LogP contribution in [0.5, 0.6) is 0 Å². The lowest BCUT2D eigenvalue weighted by molar-refractivity contribution is -0.122. The highest BCUT2D eigenvalue weighted by atomic mass is 32.1. The van der Waals surface area contributed by atoms with Crippen molar-refractivity contribution in [3.05, 3.63) is 30.3 Å². The number of hydrazine groups is 1. The van der Waals surface area contributed by atoms with E-state index in [9.17, 15) is 4.79 Å². The molecule has 0 radical (unpaired) electrons. The number of tetrazole rings is 1. The minimum Gasteiger partial charge on any atom is -0.358 e. The molecule has 1 aliphatic rings. The SMILES string of the molecule is C[C@@H]1CCCC[C@@H]1NC(=S)NNC(=O)Cn1nnc(-c2ccccc2)n1. The maximum Gasteiger partial charge on any atom is 0.262 e. The molecule has 1 aliphatic carbocycles. The maximum absolute atomic E-state index is 12.0. The third-order valence-electron chi connectivity index (χ3n) is 4.51. The van der Waals surface area contributed by atoms with Gasteiger partial charge >= 0.3 is 0 Å². The first-order valence-electron chi connectivity index (χ1n) is 8.80. The summed E-state index contributed by atoms with van der Waals surface area (Å²) in [5, 5.41) is 15.8. The van der Waals surface area contributed by atoms with Crippen molar-refractivity contribution < 1.29 is 4.79 Å². The van der Waals surface area contributed by atoms with E-state index in [-0.39, 0.29) is 12.5 Å². The third kappa shape index (κ3) is 4.98. The van der Waals surface area contributed by atoms with Crippen molar-refractivity contribution >= 4 is 23.2 Å². The van der Waals surface area contributed by atoms with Gasteiger partial charge in [-0.15, -0.1) is 10.2 Å². The van der Waals surface area contributed by atoms with Crippen molar-refractivity contribution in [1.82, 2.24) is 36.4 Å². The second-order valence-electron chi connectivity index (χ2n) is 6.52. The molecule has 26 heavy (non-hydrogen) atoms. The number of nitrogens with zero attached hydrogens (tertiary/aromatic N) is 4. The van der Waals surface area contributed by atoms with Gasteiger partial charge in [0.2, 0.25) is 5.82 Å². The summed E-state index contributed by atoms with van der Waals surface area (Å²) in [5.74, 6) is 0.757. The van der Waals surface area contributed by atoms with Gasteiger partial charge in [0, 0.05) is 11.6 Å². The molecule has 1 fully saturated rings. The summed E-state index contributed by atoms with van der Waals surface area (Å²) in [5.41, 5.74) is 6.15. The van der Waals surface area contributed by atoms with Gasteiger partial charge in [-0.25, -0.2) is 0 Å². The van der Waals surface area contributed by atoms with Crippen molar-refractivity contribution in [3.8, 4) is 11.4 Å². The Bertz CT molecular complexity index is 749. The van der Waals surface area contributed by atoms with Crippen molar-refractivity contribution in [2.24, 2.45) is 5.92 Å². The number of nitrogens with one attached hydrogen (secondary N) is 3. The van der Waals surface area contributed by atoms with E-state index in [1.165, 1.54) is 24.1 Å². The lowest BCUT2D eigenvalue weighted by Gasteiger charge is -2.30. The average Bonchev–Trinajstić information content (AvgIpc) is 3.11. The number of benzene rings is 1. The highest BCUT2D eigenvalue weighted by Crippen LogP contribution is 2.23. The number of amides is 1. The van der Waals surface area contributed by atoms with Crippen LogP contribution < -0.4 is 16.2 Å². The summed E-state index contributed by atoms with van der Waals surface area (Å²) < 4.78 is 0. The summed E-state index contributed by atoms with van der Waals surface area (Å²) in [6.07, 6.45) is 4.78. The lowest BCUT2D eigenvalue weighted by atomic mass is 9.86. The van der Waals surface area contributed by atoms with Crippen LogP contribution >= 0.6 is 12.2 Å². The molecule has 3 N–H and O–H groups in total. The first-order chi connectivity index (χ1) is 12.6. The molecule has 0 saturated heterocycles. The van der Waals surface area contributed by atoms with E-state index in [1.54, 1.807) is 0 Å². The van der Waals surface area contributed by atoms with Gasteiger partial charge < -0.3 is 5.32 Å². The fraction of sp³-hybridized carbons (Fsp3) is 0.471. The lowest BCUT2D eigenvalue weighted by Crippen LogP contribution is -2.52.